The SMILES string of the molecule is Cc1cncc(C(N)c2ccc(C)s2)c1. The van der Waals surface area contributed by atoms with Gasteiger partial charge in [0.2, 0.25) is 0 Å². The molecule has 15 heavy (non-hydrogen) atoms. The molecule has 2 heterocycles. The highest BCUT2D eigenvalue weighted by Gasteiger charge is 2.10. The van der Waals surface area contributed by atoms with Crippen LogP contribution < -0.4 is 5.73 Å². The van der Waals surface area contributed by atoms with E-state index in [1.807, 2.05) is 19.3 Å². The van der Waals surface area contributed by atoms with E-state index in [-0.39, 0.29) is 6.04 Å². The van der Waals surface area contributed by atoms with Gasteiger partial charge in [0.1, 0.15) is 0 Å². The minimum Gasteiger partial charge on any atom is -0.320 e. The number of hydrogen-bond donors (Lipinski definition) is 1. The molecule has 0 aromatic carbocycles. The van der Waals surface area contributed by atoms with E-state index in [1.54, 1.807) is 11.3 Å². The second kappa shape index (κ2) is 4.13. The Balaban J connectivity index is 2.32. The molecule has 0 saturated carbocycles. The maximum Gasteiger partial charge on any atom is 0.0661 e. The molecule has 0 radical (unpaired) electrons. The summed E-state index contributed by atoms with van der Waals surface area (Å²) in [5.74, 6) is 0. The molecule has 0 bridgehead atoms. The molecule has 2 aromatic heterocycles. The second-order valence-corrected chi connectivity index (χ2v) is 5.04. The van der Waals surface area contributed by atoms with E-state index in [0.717, 1.165) is 11.1 Å². The van der Waals surface area contributed by atoms with Gasteiger partial charge in [-0.2, -0.15) is 0 Å². The number of aryl methyl sites for hydroxylation is 2. The molecular formula is C12H14N2S. The van der Waals surface area contributed by atoms with Crippen LogP contribution in [-0.4, -0.2) is 4.98 Å². The molecule has 0 aliphatic heterocycles. The van der Waals surface area contributed by atoms with Crippen LogP contribution in [0.25, 0.3) is 0 Å². The summed E-state index contributed by atoms with van der Waals surface area (Å²) in [5.41, 5.74) is 8.40. The number of nitrogens with zero attached hydrogens (tertiary/aromatic N) is 1. The minimum atomic E-state index is -0.0453. The Labute approximate surface area is 93.8 Å². The number of aromatic nitrogens is 1. The van der Waals surface area contributed by atoms with Gasteiger partial charge in [0, 0.05) is 22.1 Å². The van der Waals surface area contributed by atoms with Crippen LogP contribution in [0.5, 0.6) is 0 Å². The molecule has 2 aromatic rings. The fraction of sp³-hybridized carbons (Fsp3) is 0.250. The smallest absolute Gasteiger partial charge is 0.0661 e. The van der Waals surface area contributed by atoms with Crippen molar-refractivity contribution < 1.29 is 0 Å². The molecule has 0 fully saturated rings. The molecule has 0 aliphatic carbocycles. The van der Waals surface area contributed by atoms with Crippen LogP contribution in [0.1, 0.15) is 26.9 Å². The summed E-state index contributed by atoms with van der Waals surface area (Å²) in [4.78, 5) is 6.65. The fourth-order valence-corrected chi connectivity index (χ4v) is 2.44. The van der Waals surface area contributed by atoms with Crippen LogP contribution in [0, 0.1) is 13.8 Å². The standard InChI is InChI=1S/C12H14N2S/c1-8-5-10(7-14-6-8)12(13)11-4-3-9(2)15-11/h3-7,12H,13H2,1-2H3. The van der Waals surface area contributed by atoms with Crippen molar-refractivity contribution in [3.63, 3.8) is 0 Å². The third-order valence-electron chi connectivity index (χ3n) is 2.32. The first-order chi connectivity index (χ1) is 7.16. The molecule has 1 unspecified atom stereocenters. The molecule has 0 aliphatic rings. The van der Waals surface area contributed by atoms with Crippen LogP contribution in [0.15, 0.2) is 30.6 Å². The highest BCUT2D eigenvalue weighted by Crippen LogP contribution is 2.26. The predicted octanol–water partition coefficient (Wildman–Crippen LogP) is 2.81. The van der Waals surface area contributed by atoms with Crippen molar-refractivity contribution in [1.29, 1.82) is 0 Å². The van der Waals surface area contributed by atoms with Gasteiger partial charge >= 0.3 is 0 Å². The first-order valence-electron chi connectivity index (χ1n) is 4.90. The zero-order valence-corrected chi connectivity index (χ0v) is 9.71. The Morgan fingerprint density at radius 1 is 1.27 bits per heavy atom. The van der Waals surface area contributed by atoms with Gasteiger partial charge in [-0.25, -0.2) is 0 Å². The normalized spacial score (nSPS) is 12.7. The van der Waals surface area contributed by atoms with Crippen molar-refractivity contribution in [3.05, 3.63) is 51.5 Å². The summed E-state index contributed by atoms with van der Waals surface area (Å²) in [6.07, 6.45) is 3.68. The van der Waals surface area contributed by atoms with Crippen molar-refractivity contribution in [2.75, 3.05) is 0 Å². The highest BCUT2D eigenvalue weighted by molar-refractivity contribution is 7.12. The van der Waals surface area contributed by atoms with Crippen molar-refractivity contribution >= 4 is 11.3 Å². The molecule has 78 valence electrons. The fourth-order valence-electron chi connectivity index (χ4n) is 1.53. The molecule has 2 rings (SSSR count). The van der Waals surface area contributed by atoms with Crippen molar-refractivity contribution in [3.8, 4) is 0 Å². The van der Waals surface area contributed by atoms with E-state index in [2.05, 4.69) is 30.1 Å². The van der Waals surface area contributed by atoms with Gasteiger partial charge in [0.25, 0.3) is 0 Å². The molecular weight excluding hydrogens is 204 g/mol. The van der Waals surface area contributed by atoms with Crippen LogP contribution in [0.3, 0.4) is 0 Å². The van der Waals surface area contributed by atoms with Gasteiger partial charge in [-0.15, -0.1) is 11.3 Å². The van der Waals surface area contributed by atoms with E-state index in [1.165, 1.54) is 9.75 Å². The van der Waals surface area contributed by atoms with E-state index in [0.29, 0.717) is 0 Å². The second-order valence-electron chi connectivity index (χ2n) is 3.72. The lowest BCUT2D eigenvalue weighted by Crippen LogP contribution is -2.10. The summed E-state index contributed by atoms with van der Waals surface area (Å²) in [6.45, 7) is 4.12. The van der Waals surface area contributed by atoms with Gasteiger partial charge in [0.15, 0.2) is 0 Å². The number of nitrogens with two attached hydrogens (primary N) is 1. The molecule has 0 saturated heterocycles. The van der Waals surface area contributed by atoms with Gasteiger partial charge in [-0.05, 0) is 37.1 Å². The maximum absolute atomic E-state index is 6.17. The average Bonchev–Trinajstić information content (AvgIpc) is 2.64. The van der Waals surface area contributed by atoms with Crippen LogP contribution in [0.2, 0.25) is 0 Å². The highest BCUT2D eigenvalue weighted by atomic mass is 32.1. The average molecular weight is 218 g/mol. The third-order valence-corrected chi connectivity index (χ3v) is 3.41. The molecule has 0 spiro atoms. The van der Waals surface area contributed by atoms with Crippen molar-refractivity contribution in [2.24, 2.45) is 5.73 Å². The molecule has 2 nitrogen and oxygen atoms in total. The lowest BCUT2D eigenvalue weighted by molar-refractivity contribution is 0.881. The van der Waals surface area contributed by atoms with Gasteiger partial charge in [0.05, 0.1) is 6.04 Å². The minimum absolute atomic E-state index is 0.0453. The van der Waals surface area contributed by atoms with E-state index in [4.69, 9.17) is 5.73 Å². The molecule has 1 atom stereocenters. The third kappa shape index (κ3) is 2.25. The number of pyridine rings is 1. The van der Waals surface area contributed by atoms with Crippen LogP contribution in [0.4, 0.5) is 0 Å². The Morgan fingerprint density at radius 2 is 2.07 bits per heavy atom. The Morgan fingerprint density at radius 3 is 2.67 bits per heavy atom. The van der Waals surface area contributed by atoms with Gasteiger partial charge in [-0.3, -0.25) is 4.98 Å². The quantitative estimate of drug-likeness (QED) is 0.841. The summed E-state index contributed by atoms with van der Waals surface area (Å²) in [6, 6.07) is 6.24. The maximum atomic E-state index is 6.17. The Kier molecular flexibility index (Phi) is 2.84. The Hall–Kier alpha value is -1.19. The van der Waals surface area contributed by atoms with Crippen molar-refractivity contribution in [2.45, 2.75) is 19.9 Å². The zero-order valence-electron chi connectivity index (χ0n) is 8.90. The number of thiophene rings is 1. The predicted molar refractivity (Wildman–Crippen MR) is 64.1 cm³/mol. The topological polar surface area (TPSA) is 38.9 Å². The van der Waals surface area contributed by atoms with Gasteiger partial charge < -0.3 is 5.73 Å². The van der Waals surface area contributed by atoms with E-state index in [9.17, 15) is 0 Å². The lowest BCUT2D eigenvalue weighted by atomic mass is 10.1. The van der Waals surface area contributed by atoms with Crippen molar-refractivity contribution in [1.82, 2.24) is 4.98 Å². The first kappa shape index (κ1) is 10.3. The van der Waals surface area contributed by atoms with Crippen LogP contribution >= 0.6 is 11.3 Å². The van der Waals surface area contributed by atoms with Gasteiger partial charge in [-0.1, -0.05) is 6.07 Å². The van der Waals surface area contributed by atoms with E-state index >= 15 is 0 Å². The summed E-state index contributed by atoms with van der Waals surface area (Å²) >= 11 is 1.74. The molecule has 0 amide bonds. The zero-order chi connectivity index (χ0) is 10.8. The summed E-state index contributed by atoms with van der Waals surface area (Å²) in [7, 11) is 0. The first-order valence-corrected chi connectivity index (χ1v) is 5.72. The number of rotatable bonds is 2. The monoisotopic (exact) mass is 218 g/mol. The number of hydrogen-bond acceptors (Lipinski definition) is 3. The Bertz CT molecular complexity index is 462. The van der Waals surface area contributed by atoms with Crippen LogP contribution in [-0.2, 0) is 0 Å². The lowest BCUT2D eigenvalue weighted by Gasteiger charge is -2.09. The summed E-state index contributed by atoms with van der Waals surface area (Å²) in [5, 5.41) is 0. The largest absolute Gasteiger partial charge is 0.320 e. The summed E-state index contributed by atoms with van der Waals surface area (Å²) < 4.78 is 0. The van der Waals surface area contributed by atoms with E-state index < -0.39 is 0 Å². The molecule has 2 N–H and O–H groups in total. The molecule has 3 heteroatoms.